The van der Waals surface area contributed by atoms with E-state index in [1.807, 2.05) is 0 Å². The third kappa shape index (κ3) is 3.00. The van der Waals surface area contributed by atoms with Gasteiger partial charge in [-0.05, 0) is 57.8 Å². The molecule has 0 spiro atoms. The molecule has 0 radical (unpaired) electrons. The second-order valence-corrected chi connectivity index (χ2v) is 7.28. The van der Waals surface area contributed by atoms with E-state index in [0.29, 0.717) is 0 Å². The van der Waals surface area contributed by atoms with Crippen LogP contribution in [0.4, 0.5) is 0 Å². The van der Waals surface area contributed by atoms with Gasteiger partial charge >= 0.3 is 0 Å². The van der Waals surface area contributed by atoms with E-state index < -0.39 is 0 Å². The van der Waals surface area contributed by atoms with E-state index in [9.17, 15) is 0 Å². The maximum atomic E-state index is 4.01. The molecule has 2 saturated heterocycles. The Morgan fingerprint density at radius 2 is 1.84 bits per heavy atom. The molecule has 2 heteroatoms. The topological polar surface area (TPSA) is 15.3 Å². The fraction of sp³-hybridized carbons (Fsp3) is 1.00. The summed E-state index contributed by atoms with van der Waals surface area (Å²) >= 11 is 0. The molecule has 3 fully saturated rings. The number of hydrogen-bond acceptors (Lipinski definition) is 2. The minimum atomic E-state index is 0.772. The van der Waals surface area contributed by atoms with Gasteiger partial charge in [-0.1, -0.05) is 19.8 Å². The fourth-order valence-electron chi connectivity index (χ4n) is 4.87. The summed E-state index contributed by atoms with van der Waals surface area (Å²) in [4.78, 5) is 2.81. The van der Waals surface area contributed by atoms with Crippen molar-refractivity contribution in [2.45, 2.75) is 95.8 Å². The van der Waals surface area contributed by atoms with Crippen LogP contribution in [0.15, 0.2) is 0 Å². The zero-order valence-electron chi connectivity index (χ0n) is 12.9. The number of nitrogens with one attached hydrogen (secondary N) is 1. The van der Waals surface area contributed by atoms with Gasteiger partial charge in [0.1, 0.15) is 0 Å². The Morgan fingerprint density at radius 1 is 1.00 bits per heavy atom. The van der Waals surface area contributed by atoms with Crippen molar-refractivity contribution < 1.29 is 0 Å². The Balaban J connectivity index is 1.55. The summed E-state index contributed by atoms with van der Waals surface area (Å²) in [5.41, 5.74) is 0. The average molecular weight is 264 g/mol. The van der Waals surface area contributed by atoms with Crippen LogP contribution in [-0.4, -0.2) is 35.6 Å². The summed E-state index contributed by atoms with van der Waals surface area (Å²) in [7, 11) is 0. The number of hydrogen-bond donors (Lipinski definition) is 1. The zero-order valence-corrected chi connectivity index (χ0v) is 12.9. The fourth-order valence-corrected chi connectivity index (χ4v) is 4.87. The first-order valence-electron chi connectivity index (χ1n) is 8.79. The van der Waals surface area contributed by atoms with Crippen molar-refractivity contribution in [1.82, 2.24) is 10.2 Å². The molecular formula is C17H32N2. The van der Waals surface area contributed by atoms with E-state index in [0.717, 1.165) is 30.1 Å². The van der Waals surface area contributed by atoms with Gasteiger partial charge in [-0.25, -0.2) is 0 Å². The number of piperidine rings is 1. The third-order valence-electron chi connectivity index (χ3n) is 6.10. The van der Waals surface area contributed by atoms with E-state index in [4.69, 9.17) is 0 Å². The van der Waals surface area contributed by atoms with E-state index in [-0.39, 0.29) is 0 Å². The van der Waals surface area contributed by atoms with Gasteiger partial charge in [0, 0.05) is 30.7 Å². The summed E-state index contributed by atoms with van der Waals surface area (Å²) in [5, 5.41) is 4.01. The summed E-state index contributed by atoms with van der Waals surface area (Å²) in [6.07, 6.45) is 12.9. The smallest absolute Gasteiger partial charge is 0.0198 e. The lowest BCUT2D eigenvalue weighted by Crippen LogP contribution is -2.54. The maximum Gasteiger partial charge on any atom is 0.0198 e. The minimum Gasteiger partial charge on any atom is -0.310 e. The Kier molecular flexibility index (Phi) is 4.48. The zero-order chi connectivity index (χ0) is 13.2. The van der Waals surface area contributed by atoms with Crippen molar-refractivity contribution in [3.8, 4) is 0 Å². The second-order valence-electron chi connectivity index (χ2n) is 7.28. The molecule has 0 aromatic rings. The molecule has 2 aliphatic heterocycles. The maximum absolute atomic E-state index is 4.01. The molecular weight excluding hydrogens is 232 g/mol. The number of likely N-dealkylation sites (tertiary alicyclic amines) is 1. The van der Waals surface area contributed by atoms with E-state index in [1.165, 1.54) is 64.3 Å². The molecule has 5 unspecified atom stereocenters. The van der Waals surface area contributed by atoms with Crippen LogP contribution >= 0.6 is 0 Å². The molecule has 0 aromatic carbocycles. The molecule has 5 atom stereocenters. The molecule has 0 amide bonds. The Bertz CT molecular complexity index is 291. The Morgan fingerprint density at radius 3 is 2.68 bits per heavy atom. The SMILES string of the molecule is CCC1CCC(C)N1CC1CCC2CCCCC2N1. The van der Waals surface area contributed by atoms with Crippen molar-refractivity contribution in [1.29, 1.82) is 0 Å². The highest BCUT2D eigenvalue weighted by atomic mass is 15.2. The number of rotatable bonds is 3. The molecule has 1 saturated carbocycles. The van der Waals surface area contributed by atoms with Gasteiger partial charge in [-0.15, -0.1) is 0 Å². The first kappa shape index (κ1) is 13.9. The summed E-state index contributed by atoms with van der Waals surface area (Å²) < 4.78 is 0. The van der Waals surface area contributed by atoms with Crippen molar-refractivity contribution in [2.24, 2.45) is 5.92 Å². The van der Waals surface area contributed by atoms with Crippen LogP contribution in [-0.2, 0) is 0 Å². The molecule has 2 heterocycles. The molecule has 0 bridgehead atoms. The van der Waals surface area contributed by atoms with Gasteiger partial charge < -0.3 is 5.32 Å². The Labute approximate surface area is 119 Å². The minimum absolute atomic E-state index is 0.772. The monoisotopic (exact) mass is 264 g/mol. The van der Waals surface area contributed by atoms with Crippen molar-refractivity contribution in [3.63, 3.8) is 0 Å². The van der Waals surface area contributed by atoms with Gasteiger partial charge in [-0.2, -0.15) is 0 Å². The molecule has 19 heavy (non-hydrogen) atoms. The van der Waals surface area contributed by atoms with E-state index in [2.05, 4.69) is 24.1 Å². The van der Waals surface area contributed by atoms with Gasteiger partial charge in [-0.3, -0.25) is 4.90 Å². The first-order chi connectivity index (χ1) is 9.28. The lowest BCUT2D eigenvalue weighted by Gasteiger charge is -2.42. The van der Waals surface area contributed by atoms with Crippen molar-refractivity contribution in [2.75, 3.05) is 6.54 Å². The van der Waals surface area contributed by atoms with Crippen LogP contribution < -0.4 is 5.32 Å². The first-order valence-corrected chi connectivity index (χ1v) is 8.79. The van der Waals surface area contributed by atoms with Crippen molar-refractivity contribution in [3.05, 3.63) is 0 Å². The van der Waals surface area contributed by atoms with Crippen LogP contribution in [0.5, 0.6) is 0 Å². The second kappa shape index (κ2) is 6.13. The third-order valence-corrected chi connectivity index (χ3v) is 6.10. The molecule has 2 nitrogen and oxygen atoms in total. The van der Waals surface area contributed by atoms with Gasteiger partial charge in [0.15, 0.2) is 0 Å². The predicted molar refractivity (Wildman–Crippen MR) is 81.4 cm³/mol. The number of nitrogens with zero attached hydrogens (tertiary/aromatic N) is 1. The van der Waals surface area contributed by atoms with Crippen LogP contribution in [0.1, 0.15) is 71.6 Å². The van der Waals surface area contributed by atoms with Crippen LogP contribution in [0.3, 0.4) is 0 Å². The average Bonchev–Trinajstić information content (AvgIpc) is 2.79. The van der Waals surface area contributed by atoms with Crippen LogP contribution in [0.2, 0.25) is 0 Å². The molecule has 1 aliphatic carbocycles. The summed E-state index contributed by atoms with van der Waals surface area (Å²) in [5.74, 6) is 1.00. The highest BCUT2D eigenvalue weighted by molar-refractivity contribution is 4.93. The largest absolute Gasteiger partial charge is 0.310 e. The molecule has 0 aromatic heterocycles. The van der Waals surface area contributed by atoms with E-state index >= 15 is 0 Å². The molecule has 3 aliphatic rings. The van der Waals surface area contributed by atoms with Gasteiger partial charge in [0.2, 0.25) is 0 Å². The highest BCUT2D eigenvalue weighted by Crippen LogP contribution is 2.33. The van der Waals surface area contributed by atoms with Crippen LogP contribution in [0, 0.1) is 5.92 Å². The quantitative estimate of drug-likeness (QED) is 0.838. The summed E-state index contributed by atoms with van der Waals surface area (Å²) in [6.45, 7) is 6.10. The highest BCUT2D eigenvalue weighted by Gasteiger charge is 2.35. The predicted octanol–water partition coefficient (Wildman–Crippen LogP) is 3.56. The van der Waals surface area contributed by atoms with Crippen LogP contribution in [0.25, 0.3) is 0 Å². The molecule has 110 valence electrons. The lowest BCUT2D eigenvalue weighted by atomic mass is 9.77. The molecule has 3 rings (SSSR count). The van der Waals surface area contributed by atoms with Crippen molar-refractivity contribution >= 4 is 0 Å². The Hall–Kier alpha value is -0.0800. The normalized spacial score (nSPS) is 44.2. The standard InChI is InChI=1S/C17H32N2/c1-3-16-11-8-13(2)19(16)12-15-10-9-14-6-4-5-7-17(14)18-15/h13-18H,3-12H2,1-2H3. The van der Waals surface area contributed by atoms with Gasteiger partial charge in [0.05, 0.1) is 0 Å². The summed E-state index contributed by atoms with van der Waals surface area (Å²) in [6, 6.07) is 3.30. The van der Waals surface area contributed by atoms with E-state index in [1.54, 1.807) is 0 Å². The molecule has 1 N–H and O–H groups in total. The number of fused-ring (bicyclic) bond motifs is 1. The lowest BCUT2D eigenvalue weighted by molar-refractivity contribution is 0.121. The van der Waals surface area contributed by atoms with Gasteiger partial charge in [0.25, 0.3) is 0 Å².